The molecule has 1 aliphatic rings. The maximum absolute atomic E-state index is 5.54. The fourth-order valence-electron chi connectivity index (χ4n) is 2.03. The Bertz CT molecular complexity index is 163. The monoisotopic (exact) mass is 182 g/mol. The summed E-state index contributed by atoms with van der Waals surface area (Å²) in [5, 5.41) is 0. The molecule has 0 aliphatic carbocycles. The lowest BCUT2D eigenvalue weighted by Crippen LogP contribution is -1.98. The van der Waals surface area contributed by atoms with E-state index in [1.54, 1.807) is 0 Å². The van der Waals surface area contributed by atoms with E-state index in [2.05, 4.69) is 20.4 Å². The van der Waals surface area contributed by atoms with Crippen LogP contribution >= 0.6 is 0 Å². The molecule has 0 aromatic heterocycles. The molecule has 0 bridgehead atoms. The van der Waals surface area contributed by atoms with E-state index in [4.69, 9.17) is 4.74 Å². The summed E-state index contributed by atoms with van der Waals surface area (Å²) in [6.45, 7) is 8.35. The van der Waals surface area contributed by atoms with Crippen molar-refractivity contribution in [1.29, 1.82) is 0 Å². The van der Waals surface area contributed by atoms with Gasteiger partial charge in [-0.05, 0) is 19.8 Å². The second kappa shape index (κ2) is 5.31. The Morgan fingerprint density at radius 3 is 2.69 bits per heavy atom. The van der Waals surface area contributed by atoms with Gasteiger partial charge >= 0.3 is 0 Å². The molecule has 0 saturated carbocycles. The van der Waals surface area contributed by atoms with Crippen LogP contribution in [0.4, 0.5) is 0 Å². The second-order valence-electron chi connectivity index (χ2n) is 4.18. The average molecular weight is 182 g/mol. The minimum atomic E-state index is 0.406. The molecule has 1 heteroatoms. The van der Waals surface area contributed by atoms with Gasteiger partial charge in [-0.3, -0.25) is 0 Å². The van der Waals surface area contributed by atoms with E-state index in [0.717, 1.165) is 5.76 Å². The summed E-state index contributed by atoms with van der Waals surface area (Å²) in [7, 11) is 0. The van der Waals surface area contributed by atoms with Crippen LogP contribution in [0.25, 0.3) is 0 Å². The zero-order chi connectivity index (χ0) is 9.68. The lowest BCUT2D eigenvalue weighted by atomic mass is 9.96. The maximum atomic E-state index is 5.54. The first-order chi connectivity index (χ1) is 6.24. The van der Waals surface area contributed by atoms with Gasteiger partial charge in [-0.25, -0.2) is 0 Å². The summed E-state index contributed by atoms with van der Waals surface area (Å²) < 4.78 is 5.54. The van der Waals surface area contributed by atoms with E-state index in [0.29, 0.717) is 12.0 Å². The van der Waals surface area contributed by atoms with Crippen LogP contribution in [0.5, 0.6) is 0 Å². The molecule has 0 N–H and O–H groups in total. The Balaban J connectivity index is 2.11. The van der Waals surface area contributed by atoms with Crippen LogP contribution in [-0.2, 0) is 4.74 Å². The molecule has 2 atom stereocenters. The quantitative estimate of drug-likeness (QED) is 0.586. The largest absolute Gasteiger partial charge is 0.495 e. The Morgan fingerprint density at radius 2 is 2.15 bits per heavy atom. The third kappa shape index (κ3) is 3.41. The fraction of sp³-hybridized carbons (Fsp3) is 0.833. The van der Waals surface area contributed by atoms with E-state index in [-0.39, 0.29) is 0 Å². The Kier molecular flexibility index (Phi) is 4.34. The first-order valence-electron chi connectivity index (χ1n) is 5.59. The van der Waals surface area contributed by atoms with Crippen molar-refractivity contribution in [2.24, 2.45) is 5.92 Å². The van der Waals surface area contributed by atoms with E-state index in [1.165, 1.54) is 38.5 Å². The van der Waals surface area contributed by atoms with Gasteiger partial charge in [0.15, 0.2) is 0 Å². The molecule has 0 aromatic rings. The van der Waals surface area contributed by atoms with Crippen molar-refractivity contribution in [2.75, 3.05) is 0 Å². The summed E-state index contributed by atoms with van der Waals surface area (Å²) in [5.41, 5.74) is 0. The number of ether oxygens (including phenoxy) is 1. The van der Waals surface area contributed by atoms with Crippen molar-refractivity contribution < 1.29 is 4.74 Å². The van der Waals surface area contributed by atoms with Gasteiger partial charge in [0.2, 0.25) is 0 Å². The molecule has 13 heavy (non-hydrogen) atoms. The molecule has 0 spiro atoms. The highest BCUT2D eigenvalue weighted by atomic mass is 16.5. The van der Waals surface area contributed by atoms with Crippen LogP contribution in [0, 0.1) is 5.92 Å². The van der Waals surface area contributed by atoms with Crippen molar-refractivity contribution >= 4 is 0 Å². The number of rotatable bonds is 5. The standard InChI is InChI=1S/C12H22O/c1-4-5-6-7-8-12-9-10(2)13-11(12)3/h10,12H,3-9H2,1-2H3/t10?,12-/m1/s1. The first-order valence-corrected chi connectivity index (χ1v) is 5.59. The van der Waals surface area contributed by atoms with Gasteiger partial charge in [0.05, 0.1) is 11.9 Å². The lowest BCUT2D eigenvalue weighted by Gasteiger charge is -2.07. The smallest absolute Gasteiger partial charge is 0.0961 e. The molecule has 1 nitrogen and oxygen atoms in total. The third-order valence-electron chi connectivity index (χ3n) is 2.83. The molecule has 0 amide bonds. The van der Waals surface area contributed by atoms with E-state index >= 15 is 0 Å². The van der Waals surface area contributed by atoms with Gasteiger partial charge in [-0.1, -0.05) is 39.2 Å². The Hall–Kier alpha value is -0.460. The predicted molar refractivity (Wildman–Crippen MR) is 56.6 cm³/mol. The molecule has 1 fully saturated rings. The van der Waals surface area contributed by atoms with E-state index in [1.807, 2.05) is 0 Å². The normalized spacial score (nSPS) is 27.7. The van der Waals surface area contributed by atoms with Gasteiger partial charge in [0.1, 0.15) is 0 Å². The Morgan fingerprint density at radius 1 is 1.38 bits per heavy atom. The van der Waals surface area contributed by atoms with Crippen molar-refractivity contribution in [2.45, 2.75) is 58.5 Å². The highest BCUT2D eigenvalue weighted by Gasteiger charge is 2.25. The third-order valence-corrected chi connectivity index (χ3v) is 2.83. The number of hydrogen-bond donors (Lipinski definition) is 0. The van der Waals surface area contributed by atoms with Gasteiger partial charge < -0.3 is 4.74 Å². The van der Waals surface area contributed by atoms with Crippen LogP contribution in [0.1, 0.15) is 52.4 Å². The molecular weight excluding hydrogens is 160 g/mol. The molecule has 1 unspecified atom stereocenters. The Labute approximate surface area is 82.2 Å². The summed E-state index contributed by atoms with van der Waals surface area (Å²) in [4.78, 5) is 0. The lowest BCUT2D eigenvalue weighted by molar-refractivity contribution is 0.178. The first kappa shape index (κ1) is 10.6. The van der Waals surface area contributed by atoms with Crippen molar-refractivity contribution in [3.8, 4) is 0 Å². The van der Waals surface area contributed by atoms with Crippen LogP contribution in [0.15, 0.2) is 12.3 Å². The predicted octanol–water partition coefficient (Wildman–Crippen LogP) is 3.90. The van der Waals surface area contributed by atoms with Crippen molar-refractivity contribution in [1.82, 2.24) is 0 Å². The topological polar surface area (TPSA) is 9.23 Å². The molecular formula is C12H22O. The van der Waals surface area contributed by atoms with Crippen LogP contribution in [0.3, 0.4) is 0 Å². The van der Waals surface area contributed by atoms with Crippen LogP contribution < -0.4 is 0 Å². The summed E-state index contributed by atoms with van der Waals surface area (Å²) in [6.07, 6.45) is 8.27. The minimum Gasteiger partial charge on any atom is -0.495 e. The molecule has 0 aromatic carbocycles. The molecule has 76 valence electrons. The minimum absolute atomic E-state index is 0.406. The summed E-state index contributed by atoms with van der Waals surface area (Å²) in [6, 6.07) is 0. The molecule has 1 rings (SSSR count). The molecule has 0 radical (unpaired) electrons. The van der Waals surface area contributed by atoms with Crippen LogP contribution in [0.2, 0.25) is 0 Å². The molecule has 1 saturated heterocycles. The van der Waals surface area contributed by atoms with Crippen molar-refractivity contribution in [3.05, 3.63) is 12.3 Å². The SMILES string of the molecule is C=C1OC(C)C[C@H]1CCCCCC. The van der Waals surface area contributed by atoms with Gasteiger partial charge in [-0.2, -0.15) is 0 Å². The number of unbranched alkanes of at least 4 members (excludes halogenated alkanes) is 3. The number of hydrogen-bond acceptors (Lipinski definition) is 1. The zero-order valence-corrected chi connectivity index (χ0v) is 9.01. The van der Waals surface area contributed by atoms with E-state index in [9.17, 15) is 0 Å². The number of allylic oxidation sites excluding steroid dienone is 1. The van der Waals surface area contributed by atoms with Gasteiger partial charge in [0.25, 0.3) is 0 Å². The van der Waals surface area contributed by atoms with Gasteiger partial charge in [0, 0.05) is 5.92 Å². The summed E-state index contributed by atoms with van der Waals surface area (Å²) in [5.74, 6) is 1.68. The van der Waals surface area contributed by atoms with Gasteiger partial charge in [-0.15, -0.1) is 0 Å². The van der Waals surface area contributed by atoms with E-state index < -0.39 is 0 Å². The zero-order valence-electron chi connectivity index (χ0n) is 9.01. The molecule has 1 aliphatic heterocycles. The molecule has 1 heterocycles. The second-order valence-corrected chi connectivity index (χ2v) is 4.18. The summed E-state index contributed by atoms with van der Waals surface area (Å²) >= 11 is 0. The average Bonchev–Trinajstić information content (AvgIpc) is 2.39. The highest BCUT2D eigenvalue weighted by Crippen LogP contribution is 2.32. The van der Waals surface area contributed by atoms with Crippen LogP contribution in [-0.4, -0.2) is 6.10 Å². The highest BCUT2D eigenvalue weighted by molar-refractivity contribution is 4.98. The van der Waals surface area contributed by atoms with Crippen molar-refractivity contribution in [3.63, 3.8) is 0 Å². The fourth-order valence-corrected chi connectivity index (χ4v) is 2.03. The maximum Gasteiger partial charge on any atom is 0.0961 e.